The van der Waals surface area contributed by atoms with Gasteiger partial charge in [-0.3, -0.25) is 0 Å². The summed E-state index contributed by atoms with van der Waals surface area (Å²) in [6.07, 6.45) is 15.2. The van der Waals surface area contributed by atoms with Crippen molar-refractivity contribution in [3.8, 4) is 0 Å². The molecule has 0 nitrogen and oxygen atoms in total. The van der Waals surface area contributed by atoms with Crippen LogP contribution in [0.1, 0.15) is 101 Å². The van der Waals surface area contributed by atoms with Gasteiger partial charge in [0.15, 0.2) is 0 Å². The Morgan fingerprint density at radius 2 is 0.451 bits per heavy atom. The molecule has 82 heavy (non-hydrogen) atoms. The average Bonchev–Trinajstić information content (AvgIpc) is 4.37. The molecule has 0 aromatic heterocycles. The van der Waals surface area contributed by atoms with Gasteiger partial charge in [0.2, 0.25) is 0 Å². The molecule has 0 unspecified atom stereocenters. The fourth-order valence-electron chi connectivity index (χ4n) is 9.71. The molecule has 0 radical (unpaired) electrons. The van der Waals surface area contributed by atoms with Gasteiger partial charge in [0.05, 0.1) is 0 Å². The Hall–Kier alpha value is -5.02. The van der Waals surface area contributed by atoms with Gasteiger partial charge in [0.25, 0.3) is 0 Å². The van der Waals surface area contributed by atoms with Gasteiger partial charge in [0.1, 0.15) is 0 Å². The molecule has 6 heteroatoms. The van der Waals surface area contributed by atoms with Gasteiger partial charge in [-0.15, -0.1) is 162 Å². The van der Waals surface area contributed by atoms with E-state index in [0.717, 1.165) is 0 Å². The van der Waals surface area contributed by atoms with Crippen molar-refractivity contribution in [2.45, 2.75) is 105 Å². The van der Waals surface area contributed by atoms with Crippen molar-refractivity contribution in [3.05, 3.63) is 289 Å². The fourth-order valence-corrected chi connectivity index (χ4v) is 17.4. The first kappa shape index (κ1) is 67.8. The minimum absolute atomic E-state index is 0. The molecule has 0 saturated carbocycles. The molecule has 0 saturated heterocycles. The zero-order valence-electron chi connectivity index (χ0n) is 48.6. The number of benzene rings is 8. The maximum atomic E-state index is 2.31. The second kappa shape index (κ2) is 38.8. The minimum atomic E-state index is -0.455. The molecular weight excluding hydrogens is 1220 g/mol. The van der Waals surface area contributed by atoms with Crippen LogP contribution in [-0.4, -0.2) is 10.9 Å². The van der Waals surface area contributed by atoms with E-state index in [1.165, 1.54) is 163 Å². The van der Waals surface area contributed by atoms with E-state index in [1.54, 1.807) is 46.7 Å². The fraction of sp³-hybridized carbons (Fsp3) is 0.211. The third kappa shape index (κ3) is 22.5. The molecule has 0 aliphatic heterocycles. The van der Waals surface area contributed by atoms with E-state index in [2.05, 4.69) is 295 Å². The Labute approximate surface area is 534 Å². The maximum absolute atomic E-state index is 2.31. The number of hydrogen-bond donors (Lipinski definition) is 0. The summed E-state index contributed by atoms with van der Waals surface area (Å²) >= 11 is 3.29. The van der Waals surface area contributed by atoms with Crippen LogP contribution >= 0.6 is 0 Å². The Morgan fingerprint density at radius 3 is 0.634 bits per heavy atom. The van der Waals surface area contributed by atoms with E-state index >= 15 is 0 Å². The van der Waals surface area contributed by atoms with E-state index in [1.807, 2.05) is 0 Å². The van der Waals surface area contributed by atoms with E-state index in [0.29, 0.717) is 0 Å². The molecule has 0 fully saturated rings. The summed E-state index contributed by atoms with van der Waals surface area (Å²) < 4.78 is 0. The summed E-state index contributed by atoms with van der Waals surface area (Å²) in [5.74, 6) is 0. The van der Waals surface area contributed by atoms with Crippen LogP contribution in [0.4, 0.5) is 0 Å². The predicted molar refractivity (Wildman–Crippen MR) is 348 cm³/mol. The van der Waals surface area contributed by atoms with Gasteiger partial charge in [-0.25, -0.2) is 0 Å². The molecule has 0 heterocycles. The summed E-state index contributed by atoms with van der Waals surface area (Å²) in [5, 5.41) is 17.1. The Kier molecular flexibility index (Phi) is 32.0. The van der Waals surface area contributed by atoms with Crippen molar-refractivity contribution in [2.24, 2.45) is 0 Å². The molecule has 12 rings (SSSR count). The molecule has 0 aliphatic carbocycles. The third-order valence-electron chi connectivity index (χ3n) is 14.2. The Morgan fingerprint density at radius 1 is 0.268 bits per heavy atom. The zero-order valence-corrected chi connectivity index (χ0v) is 57.1. The quantitative estimate of drug-likeness (QED) is 0.0668. The molecule has 416 valence electrons. The van der Waals surface area contributed by atoms with Crippen LogP contribution < -0.4 is 45.6 Å². The van der Waals surface area contributed by atoms with Crippen LogP contribution in [0, 0.1) is 0 Å². The van der Waals surface area contributed by atoms with Crippen molar-refractivity contribution >= 4 is 74.7 Å². The molecule has 12 aromatic carbocycles. The molecule has 12 aromatic rings. The molecule has 0 bridgehead atoms. The van der Waals surface area contributed by atoms with Crippen molar-refractivity contribution in [1.82, 2.24) is 0 Å². The topological polar surface area (TPSA) is 0 Å². The first-order valence-corrected chi connectivity index (χ1v) is 39.7. The molecule has 0 spiro atoms. The monoisotopic (exact) mass is 1300 g/mol. The molecule has 0 amide bonds. The molecule has 0 aliphatic rings. The van der Waals surface area contributed by atoms with Crippen LogP contribution in [0.15, 0.2) is 267 Å². The van der Waals surface area contributed by atoms with Crippen LogP contribution in [0.25, 0.3) is 43.1 Å². The third-order valence-corrected chi connectivity index (χ3v) is 26.4. The summed E-state index contributed by atoms with van der Waals surface area (Å²) in [6, 6.07) is 96.1. The van der Waals surface area contributed by atoms with Crippen molar-refractivity contribution < 1.29 is 71.5 Å². The van der Waals surface area contributed by atoms with Crippen LogP contribution in [0.3, 0.4) is 0 Å². The van der Waals surface area contributed by atoms with E-state index < -0.39 is 10.9 Å². The van der Waals surface area contributed by atoms with Gasteiger partial charge >= 0.3 is 200 Å². The van der Waals surface area contributed by atoms with Gasteiger partial charge in [-0.05, 0) is 25.7 Å². The summed E-state index contributed by atoms with van der Waals surface area (Å²) in [4.78, 5) is 0. The van der Waals surface area contributed by atoms with Crippen LogP contribution in [-0.2, 0) is 72.4 Å². The number of halogens is 2. The van der Waals surface area contributed by atoms with E-state index in [-0.39, 0.29) is 24.8 Å². The molecule has 0 N–H and O–H groups in total. The second-order valence-corrected chi connectivity index (χ2v) is 31.8. The normalized spacial score (nSPS) is 10.2. The molecular formula is C76H80Cl2Si2Zr2-2. The zero-order chi connectivity index (χ0) is 56.0. The standard InChI is InChI=1S/4C13H15.2C12H10Si.2ClH.2Zr/c4*1-2-3-6-11-9-12-7-4-5-8-13(12)10-11;2*1-3-7-11(8-4-1)13-12-9-5-2-6-10-12;;;;/h4*4-5,7-10H,2-3,6H2,1H3;2*1-10H;2*1H;;/q4*-1;;;;;2*+2/p-2. The summed E-state index contributed by atoms with van der Waals surface area (Å²) in [5.41, 5.74) is 5.05. The van der Waals surface area contributed by atoms with Crippen molar-refractivity contribution in [1.29, 1.82) is 0 Å². The summed E-state index contributed by atoms with van der Waals surface area (Å²) in [6.45, 7) is 8.95. The number of hydrogen-bond acceptors (Lipinski definition) is 0. The van der Waals surface area contributed by atoms with Gasteiger partial charge in [-0.2, -0.15) is 24.3 Å². The van der Waals surface area contributed by atoms with Crippen molar-refractivity contribution in [2.75, 3.05) is 0 Å². The van der Waals surface area contributed by atoms with Gasteiger partial charge in [-0.1, -0.05) is 103 Å². The predicted octanol–water partition coefficient (Wildman–Crippen LogP) is 12.3. The number of fused-ring (bicyclic) bond motifs is 4. The number of unbranched alkanes of at least 4 members (excludes halogenated alkanes) is 4. The van der Waals surface area contributed by atoms with E-state index in [4.69, 9.17) is 0 Å². The first-order valence-electron chi connectivity index (χ1n) is 29.3. The summed E-state index contributed by atoms with van der Waals surface area (Å²) in [7, 11) is 0. The Balaban J connectivity index is 0.000000180. The van der Waals surface area contributed by atoms with Crippen LogP contribution in [0.2, 0.25) is 0 Å². The molecule has 0 atom stereocenters. The Bertz CT molecular complexity index is 3030. The second-order valence-electron chi connectivity index (χ2n) is 20.6. The van der Waals surface area contributed by atoms with Crippen LogP contribution in [0.5, 0.6) is 0 Å². The average molecular weight is 1300 g/mol. The first-order chi connectivity index (χ1) is 39.3. The van der Waals surface area contributed by atoms with Gasteiger partial charge in [0, 0.05) is 0 Å². The number of aryl methyl sites for hydroxylation is 4. The van der Waals surface area contributed by atoms with E-state index in [9.17, 15) is 0 Å². The van der Waals surface area contributed by atoms with Gasteiger partial charge < -0.3 is 24.8 Å². The van der Waals surface area contributed by atoms with Crippen molar-refractivity contribution in [3.63, 3.8) is 0 Å². The SMILES string of the molecule is CCCCc1cc2ccccc2[cH-]1.CCCCc1cc2ccccc2[cH-]1.CCCCc1cc2ccccc2[cH-]1.CCCCc1cc2ccccc2[cH-]1.[Cl-].[Cl-].[Zr+2]=[Si](c1ccccc1)c1ccccc1.[Zr+2]=[Si](c1ccccc1)c1ccccc1. The number of rotatable bonds is 16.